The first-order chi connectivity index (χ1) is 9.82. The van der Waals surface area contributed by atoms with Crippen molar-refractivity contribution in [3.8, 4) is 0 Å². The highest BCUT2D eigenvalue weighted by Crippen LogP contribution is 2.53. The molecule has 2 aliphatic heterocycles. The van der Waals surface area contributed by atoms with Crippen molar-refractivity contribution >= 4 is 0 Å². The van der Waals surface area contributed by atoms with Gasteiger partial charge in [0.15, 0.2) is 0 Å². The molecule has 0 spiro atoms. The van der Waals surface area contributed by atoms with Gasteiger partial charge in [0.1, 0.15) is 0 Å². The van der Waals surface area contributed by atoms with Gasteiger partial charge in [-0.15, -0.1) is 0 Å². The van der Waals surface area contributed by atoms with E-state index in [-0.39, 0.29) is 0 Å². The van der Waals surface area contributed by atoms with Crippen LogP contribution in [0.3, 0.4) is 0 Å². The van der Waals surface area contributed by atoms with Gasteiger partial charge >= 0.3 is 0 Å². The SMILES string of the molecule is NCC1(N2CCC(N3CCCCC3)C2)CC2CCC1C2. The first kappa shape index (κ1) is 13.5. The largest absolute Gasteiger partial charge is 0.329 e. The van der Waals surface area contributed by atoms with Crippen LogP contribution in [0, 0.1) is 11.8 Å². The molecule has 0 aromatic rings. The van der Waals surface area contributed by atoms with Crippen LogP contribution in [-0.2, 0) is 0 Å². The molecule has 2 bridgehead atoms. The summed E-state index contributed by atoms with van der Waals surface area (Å²) in [6.07, 6.45) is 11.5. The van der Waals surface area contributed by atoms with Crippen LogP contribution >= 0.6 is 0 Å². The molecule has 4 atom stereocenters. The predicted octanol–water partition coefficient (Wildman–Crippen LogP) is 2.06. The zero-order valence-corrected chi connectivity index (χ0v) is 12.9. The van der Waals surface area contributed by atoms with E-state index in [4.69, 9.17) is 5.73 Å². The number of nitrogens with two attached hydrogens (primary N) is 1. The molecule has 0 aromatic heterocycles. The van der Waals surface area contributed by atoms with Gasteiger partial charge in [-0.3, -0.25) is 9.80 Å². The monoisotopic (exact) mass is 277 g/mol. The molecule has 2 saturated heterocycles. The summed E-state index contributed by atoms with van der Waals surface area (Å²) in [4.78, 5) is 5.61. The van der Waals surface area contributed by atoms with E-state index in [1.165, 1.54) is 77.5 Å². The summed E-state index contributed by atoms with van der Waals surface area (Å²) in [7, 11) is 0. The van der Waals surface area contributed by atoms with Gasteiger partial charge in [-0.2, -0.15) is 0 Å². The molecule has 4 aliphatic rings. The minimum absolute atomic E-state index is 0.396. The minimum Gasteiger partial charge on any atom is -0.329 e. The average Bonchev–Trinajstić information content (AvgIpc) is 3.23. The van der Waals surface area contributed by atoms with Crippen molar-refractivity contribution in [2.75, 3.05) is 32.7 Å². The fraction of sp³-hybridized carbons (Fsp3) is 1.00. The average molecular weight is 277 g/mol. The molecule has 4 unspecified atom stereocenters. The van der Waals surface area contributed by atoms with E-state index in [1.807, 2.05) is 0 Å². The van der Waals surface area contributed by atoms with Crippen molar-refractivity contribution in [2.45, 2.75) is 62.9 Å². The van der Waals surface area contributed by atoms with Crippen LogP contribution in [0.4, 0.5) is 0 Å². The second-order valence-electron chi connectivity index (χ2n) is 7.87. The van der Waals surface area contributed by atoms with Gasteiger partial charge in [-0.25, -0.2) is 0 Å². The van der Waals surface area contributed by atoms with Crippen LogP contribution in [0.1, 0.15) is 51.4 Å². The molecule has 0 radical (unpaired) electrons. The Balaban J connectivity index is 1.44. The Morgan fingerprint density at radius 2 is 1.85 bits per heavy atom. The van der Waals surface area contributed by atoms with Gasteiger partial charge in [0, 0.05) is 31.2 Å². The third-order valence-electron chi connectivity index (χ3n) is 7.00. The summed E-state index contributed by atoms with van der Waals surface area (Å²) < 4.78 is 0. The maximum Gasteiger partial charge on any atom is 0.0363 e. The number of rotatable bonds is 3. The fourth-order valence-electron chi connectivity index (χ4n) is 5.91. The van der Waals surface area contributed by atoms with E-state index >= 15 is 0 Å². The molecule has 0 amide bonds. The van der Waals surface area contributed by atoms with Crippen LogP contribution < -0.4 is 5.73 Å². The van der Waals surface area contributed by atoms with Gasteiger partial charge in [0.25, 0.3) is 0 Å². The van der Waals surface area contributed by atoms with Crippen LogP contribution in [0.15, 0.2) is 0 Å². The third kappa shape index (κ3) is 2.05. The summed E-state index contributed by atoms with van der Waals surface area (Å²) in [6, 6.07) is 0.831. The van der Waals surface area contributed by atoms with Gasteiger partial charge < -0.3 is 5.73 Å². The van der Waals surface area contributed by atoms with Crippen LogP contribution in [0.2, 0.25) is 0 Å². The topological polar surface area (TPSA) is 32.5 Å². The highest BCUT2D eigenvalue weighted by Gasteiger charge is 2.54. The maximum atomic E-state index is 6.30. The second kappa shape index (κ2) is 5.26. The standard InChI is InChI=1S/C17H31N3/c18-13-17(11-14-4-5-15(17)10-14)20-9-6-16(12-20)19-7-2-1-3-8-19/h14-16H,1-13,18H2. The molecule has 4 rings (SSSR count). The van der Waals surface area contributed by atoms with E-state index < -0.39 is 0 Å². The van der Waals surface area contributed by atoms with Gasteiger partial charge in [-0.05, 0) is 63.5 Å². The zero-order chi connectivity index (χ0) is 13.6. The molecule has 2 heterocycles. The lowest BCUT2D eigenvalue weighted by Crippen LogP contribution is -2.57. The van der Waals surface area contributed by atoms with E-state index in [0.717, 1.165) is 24.4 Å². The molecular formula is C17H31N3. The molecule has 20 heavy (non-hydrogen) atoms. The summed E-state index contributed by atoms with van der Waals surface area (Å²) in [5, 5.41) is 0. The molecule has 114 valence electrons. The van der Waals surface area contributed by atoms with Crippen molar-refractivity contribution in [3.63, 3.8) is 0 Å². The molecule has 2 N–H and O–H groups in total. The quantitative estimate of drug-likeness (QED) is 0.857. The van der Waals surface area contributed by atoms with Crippen molar-refractivity contribution in [1.29, 1.82) is 0 Å². The van der Waals surface area contributed by atoms with E-state index in [0.29, 0.717) is 5.54 Å². The van der Waals surface area contributed by atoms with E-state index in [2.05, 4.69) is 9.80 Å². The van der Waals surface area contributed by atoms with Crippen LogP contribution in [-0.4, -0.2) is 54.1 Å². The Bertz CT molecular complexity index is 352. The zero-order valence-electron chi connectivity index (χ0n) is 12.9. The number of hydrogen-bond donors (Lipinski definition) is 1. The van der Waals surface area contributed by atoms with Crippen molar-refractivity contribution in [1.82, 2.24) is 9.80 Å². The van der Waals surface area contributed by atoms with Crippen molar-refractivity contribution in [3.05, 3.63) is 0 Å². The number of fused-ring (bicyclic) bond motifs is 2. The van der Waals surface area contributed by atoms with Gasteiger partial charge in [-0.1, -0.05) is 12.8 Å². The maximum absolute atomic E-state index is 6.30. The Kier molecular flexibility index (Phi) is 3.56. The Morgan fingerprint density at radius 1 is 1.00 bits per heavy atom. The first-order valence-electron chi connectivity index (χ1n) is 9.01. The number of hydrogen-bond acceptors (Lipinski definition) is 3. The normalized spacial score (nSPS) is 46.4. The Hall–Kier alpha value is -0.120. The number of piperidine rings is 1. The lowest BCUT2D eigenvalue weighted by Gasteiger charge is -2.45. The Labute approximate surface area is 123 Å². The molecule has 2 aliphatic carbocycles. The predicted molar refractivity (Wildman–Crippen MR) is 82.6 cm³/mol. The third-order valence-corrected chi connectivity index (χ3v) is 7.00. The highest BCUT2D eigenvalue weighted by atomic mass is 15.3. The minimum atomic E-state index is 0.396. The molecule has 3 heteroatoms. The molecule has 2 saturated carbocycles. The number of likely N-dealkylation sites (tertiary alicyclic amines) is 2. The second-order valence-corrected chi connectivity index (χ2v) is 7.87. The number of nitrogens with zero attached hydrogens (tertiary/aromatic N) is 2. The first-order valence-corrected chi connectivity index (χ1v) is 9.01. The Morgan fingerprint density at radius 3 is 2.50 bits per heavy atom. The summed E-state index contributed by atoms with van der Waals surface area (Å²) in [5.74, 6) is 1.91. The summed E-state index contributed by atoms with van der Waals surface area (Å²) in [6.45, 7) is 6.21. The summed E-state index contributed by atoms with van der Waals surface area (Å²) in [5.41, 5.74) is 6.70. The fourth-order valence-corrected chi connectivity index (χ4v) is 5.91. The van der Waals surface area contributed by atoms with Crippen LogP contribution in [0.5, 0.6) is 0 Å². The molecular weight excluding hydrogens is 246 g/mol. The summed E-state index contributed by atoms with van der Waals surface area (Å²) >= 11 is 0. The lowest BCUT2D eigenvalue weighted by atomic mass is 9.79. The van der Waals surface area contributed by atoms with Gasteiger partial charge in [0.05, 0.1) is 0 Å². The highest BCUT2D eigenvalue weighted by molar-refractivity contribution is 5.10. The van der Waals surface area contributed by atoms with Crippen molar-refractivity contribution < 1.29 is 0 Å². The smallest absolute Gasteiger partial charge is 0.0363 e. The van der Waals surface area contributed by atoms with Gasteiger partial charge in [0.2, 0.25) is 0 Å². The lowest BCUT2D eigenvalue weighted by molar-refractivity contribution is 0.0529. The van der Waals surface area contributed by atoms with Crippen molar-refractivity contribution in [2.24, 2.45) is 17.6 Å². The van der Waals surface area contributed by atoms with E-state index in [1.54, 1.807) is 0 Å². The van der Waals surface area contributed by atoms with Crippen LogP contribution in [0.25, 0.3) is 0 Å². The molecule has 4 fully saturated rings. The molecule has 0 aromatic carbocycles. The molecule has 3 nitrogen and oxygen atoms in total. The van der Waals surface area contributed by atoms with E-state index in [9.17, 15) is 0 Å².